The number of nitrogens with zero attached hydrogens (tertiary/aromatic N) is 3. The fourth-order valence-corrected chi connectivity index (χ4v) is 8.91. The summed E-state index contributed by atoms with van der Waals surface area (Å²) in [5.41, 5.74) is 1.85. The molecular weight excluding hydrogens is 526 g/mol. The van der Waals surface area contributed by atoms with Gasteiger partial charge in [-0.25, -0.2) is 0 Å². The number of benzene rings is 1. The highest BCUT2D eigenvalue weighted by molar-refractivity contribution is 8.02. The number of carbonyl (C=O) groups is 3. The Morgan fingerprint density at radius 3 is 2.48 bits per heavy atom. The van der Waals surface area contributed by atoms with Gasteiger partial charge in [0.05, 0.1) is 35.8 Å². The van der Waals surface area contributed by atoms with Gasteiger partial charge in [0.2, 0.25) is 5.91 Å². The highest BCUT2D eigenvalue weighted by Crippen LogP contribution is 2.61. The van der Waals surface area contributed by atoms with Crippen molar-refractivity contribution in [2.45, 2.75) is 62.6 Å². The molecule has 1 N–H and O–H groups in total. The largest absolute Gasteiger partial charge is 0.465 e. The summed E-state index contributed by atoms with van der Waals surface area (Å²) in [5.74, 6) is -2.02. The van der Waals surface area contributed by atoms with Gasteiger partial charge in [-0.2, -0.15) is 0 Å². The lowest BCUT2D eigenvalue weighted by molar-refractivity contribution is -0.153. The molecule has 4 aliphatic heterocycles. The van der Waals surface area contributed by atoms with E-state index in [1.165, 1.54) is 11.8 Å². The van der Waals surface area contributed by atoms with Crippen LogP contribution in [0.2, 0.25) is 0 Å². The van der Waals surface area contributed by atoms with Gasteiger partial charge in [-0.1, -0.05) is 38.2 Å². The van der Waals surface area contributed by atoms with Gasteiger partial charge in [0.1, 0.15) is 6.04 Å². The Bertz CT molecular complexity index is 1180. The number of esters is 1. The summed E-state index contributed by atoms with van der Waals surface area (Å²) in [6, 6.07) is 6.61. The molecule has 2 saturated heterocycles. The van der Waals surface area contributed by atoms with Crippen molar-refractivity contribution >= 4 is 40.9 Å². The Hall–Kier alpha value is -2.78. The summed E-state index contributed by atoms with van der Waals surface area (Å²) >= 11 is 1.53. The zero-order valence-electron chi connectivity index (χ0n) is 23.9. The highest BCUT2D eigenvalue weighted by atomic mass is 32.2. The number of rotatable bonds is 8. The van der Waals surface area contributed by atoms with Crippen LogP contribution >= 0.6 is 11.8 Å². The molecular formula is C31H41N3O5S. The zero-order chi connectivity index (χ0) is 28.6. The van der Waals surface area contributed by atoms with Gasteiger partial charge in [-0.05, 0) is 56.9 Å². The summed E-state index contributed by atoms with van der Waals surface area (Å²) in [6.07, 6.45) is 9.18. The first-order chi connectivity index (χ1) is 19.3. The molecule has 9 heteroatoms. The van der Waals surface area contributed by atoms with Crippen molar-refractivity contribution in [2.75, 3.05) is 42.6 Å². The van der Waals surface area contributed by atoms with Gasteiger partial charge in [0.25, 0.3) is 5.91 Å². The number of amides is 2. The molecule has 0 saturated carbocycles. The summed E-state index contributed by atoms with van der Waals surface area (Å²) in [6.45, 7) is 10.5. The monoisotopic (exact) mass is 567 g/mol. The fraction of sp³-hybridized carbons (Fsp3) is 0.581. The highest BCUT2D eigenvalue weighted by Gasteiger charge is 2.71. The van der Waals surface area contributed by atoms with Crippen molar-refractivity contribution in [3.63, 3.8) is 0 Å². The number of thioether (sulfide) groups is 1. The average Bonchev–Trinajstić information content (AvgIpc) is 3.32. The minimum absolute atomic E-state index is 0.183. The van der Waals surface area contributed by atoms with Crippen LogP contribution in [-0.2, 0) is 19.1 Å². The molecule has 0 radical (unpaired) electrons. The Balaban J connectivity index is 1.59. The summed E-state index contributed by atoms with van der Waals surface area (Å²) < 4.78 is 4.63. The maximum Gasteiger partial charge on any atom is 0.311 e. The molecule has 40 heavy (non-hydrogen) atoms. The Kier molecular flexibility index (Phi) is 8.34. The molecule has 0 aliphatic carbocycles. The van der Waals surface area contributed by atoms with Crippen LogP contribution in [0.3, 0.4) is 0 Å². The fourth-order valence-electron chi connectivity index (χ4n) is 6.92. The van der Waals surface area contributed by atoms with Crippen LogP contribution in [0.4, 0.5) is 11.4 Å². The lowest BCUT2D eigenvalue weighted by atomic mass is 9.78. The molecule has 2 fully saturated rings. The van der Waals surface area contributed by atoms with Gasteiger partial charge >= 0.3 is 5.97 Å². The van der Waals surface area contributed by atoms with E-state index in [0.717, 1.165) is 24.5 Å². The molecule has 0 bridgehead atoms. The van der Waals surface area contributed by atoms with Crippen LogP contribution in [0.1, 0.15) is 40.5 Å². The Morgan fingerprint density at radius 2 is 1.82 bits per heavy atom. The van der Waals surface area contributed by atoms with E-state index in [1.54, 1.807) is 9.80 Å². The Morgan fingerprint density at radius 1 is 1.10 bits per heavy atom. The van der Waals surface area contributed by atoms with Crippen LogP contribution < -0.4 is 9.80 Å². The second-order valence-electron chi connectivity index (χ2n) is 11.5. The second kappa shape index (κ2) is 11.6. The molecule has 1 spiro atoms. The number of anilines is 2. The van der Waals surface area contributed by atoms with Crippen molar-refractivity contribution in [3.05, 3.63) is 48.6 Å². The standard InChI is InChI=1S/C31H41N3O5S/c1-5-32(6-2)21-11-13-22(14-12-21)33-16-9-15-31-26(25-24(40-31)10-7-8-17-39-30(25)38)28(36)34(27(31)29(33)37)23(19-35)18-20(3)4/h7,9-15,20,23-27,35H,5-6,8,16-19H2,1-4H3/t23-,24-,25+,26+,27?,31+/m1/s1. The summed E-state index contributed by atoms with van der Waals surface area (Å²) in [7, 11) is 0. The van der Waals surface area contributed by atoms with E-state index >= 15 is 0 Å². The predicted molar refractivity (Wildman–Crippen MR) is 158 cm³/mol. The lowest BCUT2D eigenvalue weighted by Crippen LogP contribution is -2.57. The molecule has 0 aromatic heterocycles. The van der Waals surface area contributed by atoms with E-state index in [-0.39, 0.29) is 42.2 Å². The third kappa shape index (κ3) is 4.75. The number of fused-ring (bicyclic) bond motifs is 2. The van der Waals surface area contributed by atoms with Crippen molar-refractivity contribution in [1.82, 2.24) is 4.90 Å². The van der Waals surface area contributed by atoms with Crippen molar-refractivity contribution in [2.24, 2.45) is 17.8 Å². The van der Waals surface area contributed by atoms with Crippen LogP contribution in [0, 0.1) is 17.8 Å². The first-order valence-electron chi connectivity index (χ1n) is 14.6. The summed E-state index contributed by atoms with van der Waals surface area (Å²) in [4.78, 5) is 47.9. The lowest BCUT2D eigenvalue weighted by Gasteiger charge is -2.39. The van der Waals surface area contributed by atoms with E-state index in [2.05, 4.69) is 18.7 Å². The van der Waals surface area contributed by atoms with Crippen LogP contribution in [0.25, 0.3) is 0 Å². The van der Waals surface area contributed by atoms with Crippen molar-refractivity contribution < 1.29 is 24.2 Å². The SMILES string of the molecule is CCN(CC)c1ccc(N2CC=C[C@]34S[C@@H]5C=CCCOC(=O)[C@@H]5[C@H]3C(=O)N([C@@H](CO)CC(C)C)C4C2=O)cc1. The minimum atomic E-state index is -0.933. The van der Waals surface area contributed by atoms with E-state index in [4.69, 9.17) is 4.74 Å². The van der Waals surface area contributed by atoms with E-state index in [0.29, 0.717) is 19.4 Å². The quantitative estimate of drug-likeness (QED) is 0.379. The number of ether oxygens (including phenoxy) is 1. The van der Waals surface area contributed by atoms with Crippen LogP contribution in [0.15, 0.2) is 48.6 Å². The van der Waals surface area contributed by atoms with E-state index < -0.39 is 28.7 Å². The molecule has 6 atom stereocenters. The van der Waals surface area contributed by atoms with Crippen LogP contribution in [-0.4, -0.2) is 82.7 Å². The zero-order valence-corrected chi connectivity index (χ0v) is 24.7. The van der Waals surface area contributed by atoms with Crippen LogP contribution in [0.5, 0.6) is 0 Å². The molecule has 1 aromatic carbocycles. The number of aliphatic hydroxyl groups is 1. The topological polar surface area (TPSA) is 90.4 Å². The van der Waals surface area contributed by atoms with Gasteiger partial charge in [-0.15, -0.1) is 11.8 Å². The van der Waals surface area contributed by atoms with Gasteiger partial charge in [0, 0.05) is 36.3 Å². The predicted octanol–water partition coefficient (Wildman–Crippen LogP) is 3.64. The number of carbonyl (C=O) groups excluding carboxylic acids is 3. The van der Waals surface area contributed by atoms with Gasteiger partial charge < -0.3 is 24.5 Å². The molecule has 8 nitrogen and oxygen atoms in total. The number of hydrogen-bond donors (Lipinski definition) is 1. The number of likely N-dealkylation sites (tertiary alicyclic amines) is 1. The maximum absolute atomic E-state index is 14.6. The number of hydrogen-bond acceptors (Lipinski definition) is 7. The molecule has 1 unspecified atom stereocenters. The molecule has 4 aliphatic rings. The molecule has 2 amide bonds. The smallest absolute Gasteiger partial charge is 0.311 e. The first-order valence-corrected chi connectivity index (χ1v) is 15.4. The molecule has 4 heterocycles. The minimum Gasteiger partial charge on any atom is -0.465 e. The third-order valence-corrected chi connectivity index (χ3v) is 10.4. The van der Waals surface area contributed by atoms with E-state index in [1.807, 2.05) is 62.4 Å². The van der Waals surface area contributed by atoms with Crippen molar-refractivity contribution in [1.29, 1.82) is 0 Å². The second-order valence-corrected chi connectivity index (χ2v) is 13.0. The Labute approximate surface area is 241 Å². The van der Waals surface area contributed by atoms with Gasteiger partial charge in [0.15, 0.2) is 0 Å². The van der Waals surface area contributed by atoms with Crippen molar-refractivity contribution in [3.8, 4) is 0 Å². The number of aliphatic hydroxyl groups excluding tert-OH is 1. The molecule has 5 rings (SSSR count). The number of cyclic esters (lactones) is 1. The normalized spacial score (nSPS) is 30.4. The summed E-state index contributed by atoms with van der Waals surface area (Å²) in [5, 5.41) is 10.2. The third-order valence-electron chi connectivity index (χ3n) is 8.70. The maximum atomic E-state index is 14.6. The van der Waals surface area contributed by atoms with E-state index in [9.17, 15) is 19.5 Å². The first kappa shape index (κ1) is 28.7. The van der Waals surface area contributed by atoms with Gasteiger partial charge in [-0.3, -0.25) is 14.4 Å². The average molecular weight is 568 g/mol. The molecule has 1 aromatic rings. The molecule has 216 valence electrons.